The molecule has 2 unspecified atom stereocenters. The third-order valence-corrected chi connectivity index (χ3v) is 8.54. The number of amides is 1. The molecule has 7 nitrogen and oxygen atoms in total. The molecule has 0 aliphatic carbocycles. The quantitative estimate of drug-likeness (QED) is 0.429. The zero-order valence-electron chi connectivity index (χ0n) is 21.6. The molecule has 8 heteroatoms. The fourth-order valence-corrected chi connectivity index (χ4v) is 6.13. The van der Waals surface area contributed by atoms with Gasteiger partial charge in [-0.3, -0.25) is 9.10 Å². The number of rotatable bonds is 9. The summed E-state index contributed by atoms with van der Waals surface area (Å²) in [5.74, 6) is 0.790. The highest BCUT2D eigenvalue weighted by Gasteiger charge is 2.28. The Morgan fingerprint density at radius 1 is 1.08 bits per heavy atom. The predicted molar refractivity (Wildman–Crippen MR) is 148 cm³/mol. The molecule has 1 aliphatic heterocycles. The van der Waals surface area contributed by atoms with E-state index >= 15 is 0 Å². The highest BCUT2D eigenvalue weighted by molar-refractivity contribution is 7.92. The molecule has 0 spiro atoms. The van der Waals surface area contributed by atoms with E-state index in [0.717, 1.165) is 23.0 Å². The number of hydrogen-bond donors (Lipinski definition) is 1. The lowest BCUT2D eigenvalue weighted by atomic mass is 9.99. The lowest BCUT2D eigenvalue weighted by Crippen LogP contribution is -2.41. The van der Waals surface area contributed by atoms with Crippen molar-refractivity contribution in [3.8, 4) is 5.75 Å². The summed E-state index contributed by atoms with van der Waals surface area (Å²) in [6.07, 6.45) is 2.47. The number of methoxy groups -OCH3 is 1. The van der Waals surface area contributed by atoms with E-state index in [1.165, 1.54) is 37.8 Å². The highest BCUT2D eigenvalue weighted by atomic mass is 32.2. The summed E-state index contributed by atoms with van der Waals surface area (Å²) in [7, 11) is -2.47. The highest BCUT2D eigenvalue weighted by Crippen LogP contribution is 2.28. The van der Waals surface area contributed by atoms with Crippen LogP contribution in [0.4, 0.5) is 11.4 Å². The predicted octanol–water partition coefficient (Wildman–Crippen LogP) is 5.00. The van der Waals surface area contributed by atoms with E-state index in [-0.39, 0.29) is 17.5 Å². The maximum Gasteiger partial charge on any atom is 0.264 e. The van der Waals surface area contributed by atoms with Crippen LogP contribution in [0.2, 0.25) is 0 Å². The molecule has 4 rings (SSSR count). The molecule has 1 amide bonds. The fraction of sp³-hybridized carbons (Fsp3) is 0.345. The Hall–Kier alpha value is -3.52. The van der Waals surface area contributed by atoms with Crippen molar-refractivity contribution in [2.45, 2.75) is 37.6 Å². The van der Waals surface area contributed by atoms with Gasteiger partial charge in [0.05, 0.1) is 23.7 Å². The maximum atomic E-state index is 13.5. The minimum Gasteiger partial charge on any atom is -0.497 e. The van der Waals surface area contributed by atoms with E-state index in [4.69, 9.17) is 4.74 Å². The Morgan fingerprint density at radius 3 is 2.49 bits per heavy atom. The molecule has 1 fully saturated rings. The molecule has 3 aromatic rings. The first-order chi connectivity index (χ1) is 17.8. The molecule has 3 aromatic carbocycles. The van der Waals surface area contributed by atoms with Crippen LogP contribution in [0.1, 0.15) is 38.3 Å². The third-order valence-electron chi connectivity index (χ3n) is 6.75. The van der Waals surface area contributed by atoms with Gasteiger partial charge in [0.1, 0.15) is 12.3 Å². The van der Waals surface area contributed by atoms with Crippen LogP contribution < -0.4 is 19.3 Å². The number of carbonyl (C=O) groups excluding carboxylic acids is 1. The minimum atomic E-state index is -3.99. The van der Waals surface area contributed by atoms with Crippen LogP contribution in [0.15, 0.2) is 83.8 Å². The molecule has 1 heterocycles. The Kier molecular flexibility index (Phi) is 8.38. The number of hydrogen-bond acceptors (Lipinski definition) is 5. The normalized spacial score (nSPS) is 16.6. The van der Waals surface area contributed by atoms with Gasteiger partial charge in [0.15, 0.2) is 0 Å². The number of benzene rings is 3. The lowest BCUT2D eigenvalue weighted by molar-refractivity contribution is -0.120. The molecule has 0 aromatic heterocycles. The van der Waals surface area contributed by atoms with Crippen molar-refractivity contribution in [3.05, 3.63) is 84.4 Å². The number of ether oxygens (including phenoxy) is 1. The molecule has 1 saturated heterocycles. The van der Waals surface area contributed by atoms with Crippen LogP contribution in [0, 0.1) is 5.92 Å². The summed E-state index contributed by atoms with van der Waals surface area (Å²) in [6, 6.07) is 22.8. The Balaban J connectivity index is 1.50. The van der Waals surface area contributed by atoms with Crippen molar-refractivity contribution in [1.82, 2.24) is 5.32 Å². The van der Waals surface area contributed by atoms with Crippen molar-refractivity contribution in [3.63, 3.8) is 0 Å². The van der Waals surface area contributed by atoms with Crippen molar-refractivity contribution in [2.24, 2.45) is 5.92 Å². The largest absolute Gasteiger partial charge is 0.497 e. The summed E-state index contributed by atoms with van der Waals surface area (Å²) < 4.78 is 33.5. The topological polar surface area (TPSA) is 79.0 Å². The van der Waals surface area contributed by atoms with Crippen LogP contribution in [0.25, 0.3) is 0 Å². The van der Waals surface area contributed by atoms with Gasteiger partial charge in [0.25, 0.3) is 10.0 Å². The second-order valence-corrected chi connectivity index (χ2v) is 11.5. The standard InChI is InChI=1S/C29H35N3O4S/c1-22-9-8-18-31(20-22)25-16-14-24(15-17-25)23(2)30-29(33)21-32(26-10-7-11-27(19-26)36-3)37(34,35)28-12-5-4-6-13-28/h4-7,10-17,19,22-23H,8-9,18,20-21H2,1-3H3,(H,30,33). The van der Waals surface area contributed by atoms with Gasteiger partial charge in [0.2, 0.25) is 5.91 Å². The van der Waals surface area contributed by atoms with Gasteiger partial charge in [-0.15, -0.1) is 0 Å². The van der Waals surface area contributed by atoms with E-state index < -0.39 is 15.9 Å². The van der Waals surface area contributed by atoms with Crippen molar-refractivity contribution >= 4 is 27.3 Å². The van der Waals surface area contributed by atoms with E-state index in [2.05, 4.69) is 29.3 Å². The molecule has 1 aliphatic rings. The Bertz CT molecular complexity index is 1300. The second-order valence-electron chi connectivity index (χ2n) is 9.60. The lowest BCUT2D eigenvalue weighted by Gasteiger charge is -2.33. The van der Waals surface area contributed by atoms with Crippen molar-refractivity contribution < 1.29 is 17.9 Å². The number of nitrogens with zero attached hydrogens (tertiary/aromatic N) is 2. The van der Waals surface area contributed by atoms with E-state index in [9.17, 15) is 13.2 Å². The maximum absolute atomic E-state index is 13.5. The van der Waals surface area contributed by atoms with Crippen LogP contribution in [-0.2, 0) is 14.8 Å². The number of carbonyl (C=O) groups is 1. The number of anilines is 2. The van der Waals surface area contributed by atoms with Gasteiger partial charge < -0.3 is 15.0 Å². The smallest absolute Gasteiger partial charge is 0.264 e. The summed E-state index contributed by atoms with van der Waals surface area (Å²) in [4.78, 5) is 15.7. The SMILES string of the molecule is COc1cccc(N(CC(=O)NC(C)c2ccc(N3CCCC(C)C3)cc2)S(=O)(=O)c2ccccc2)c1. The molecular weight excluding hydrogens is 486 g/mol. The van der Waals surface area contributed by atoms with Crippen LogP contribution in [0.3, 0.4) is 0 Å². The molecule has 196 valence electrons. The molecule has 1 N–H and O–H groups in total. The van der Waals surface area contributed by atoms with Gasteiger partial charge in [-0.05, 0) is 67.6 Å². The molecule has 37 heavy (non-hydrogen) atoms. The monoisotopic (exact) mass is 521 g/mol. The zero-order valence-corrected chi connectivity index (χ0v) is 22.4. The van der Waals surface area contributed by atoms with E-state index in [1.54, 1.807) is 42.5 Å². The molecule has 0 saturated carbocycles. The summed E-state index contributed by atoms with van der Waals surface area (Å²) in [5.41, 5.74) is 2.50. The first-order valence-electron chi connectivity index (χ1n) is 12.6. The van der Waals surface area contributed by atoms with Crippen molar-refractivity contribution in [1.29, 1.82) is 0 Å². The van der Waals surface area contributed by atoms with Gasteiger partial charge in [0, 0.05) is 24.8 Å². The summed E-state index contributed by atoms with van der Waals surface area (Å²) in [5, 5.41) is 2.96. The Labute approximate surface area is 220 Å². The molecule has 0 bridgehead atoms. The molecule has 2 atom stereocenters. The summed E-state index contributed by atoms with van der Waals surface area (Å²) in [6.45, 7) is 5.94. The Morgan fingerprint density at radius 2 is 1.81 bits per heavy atom. The van der Waals surface area contributed by atoms with E-state index in [1.807, 2.05) is 19.1 Å². The van der Waals surface area contributed by atoms with Gasteiger partial charge in [-0.1, -0.05) is 43.3 Å². The minimum absolute atomic E-state index is 0.112. The van der Waals surface area contributed by atoms with E-state index in [0.29, 0.717) is 17.4 Å². The average Bonchev–Trinajstić information content (AvgIpc) is 2.92. The average molecular weight is 522 g/mol. The van der Waals surface area contributed by atoms with Crippen molar-refractivity contribution in [2.75, 3.05) is 35.9 Å². The fourth-order valence-electron chi connectivity index (χ4n) is 4.70. The zero-order chi connectivity index (χ0) is 26.4. The van der Waals surface area contributed by atoms with Crippen LogP contribution in [0.5, 0.6) is 5.75 Å². The third kappa shape index (κ3) is 6.43. The van der Waals surface area contributed by atoms with Gasteiger partial charge in [-0.25, -0.2) is 8.42 Å². The first-order valence-corrected chi connectivity index (χ1v) is 14.1. The van der Waals surface area contributed by atoms with Gasteiger partial charge >= 0.3 is 0 Å². The summed E-state index contributed by atoms with van der Waals surface area (Å²) >= 11 is 0. The first kappa shape index (κ1) is 26.5. The number of piperidine rings is 1. The molecule has 0 radical (unpaired) electrons. The van der Waals surface area contributed by atoms with Crippen LogP contribution in [-0.4, -0.2) is 41.1 Å². The second kappa shape index (κ2) is 11.7. The number of nitrogens with one attached hydrogen (secondary N) is 1. The molecular formula is C29H35N3O4S. The van der Waals surface area contributed by atoms with Gasteiger partial charge in [-0.2, -0.15) is 0 Å². The van der Waals surface area contributed by atoms with Crippen LogP contribution >= 0.6 is 0 Å². The number of sulfonamides is 1.